The van der Waals surface area contributed by atoms with Crippen molar-refractivity contribution in [3.8, 4) is 0 Å². The second kappa shape index (κ2) is 9.64. The minimum Gasteiger partial charge on any atom is -0.396 e. The summed E-state index contributed by atoms with van der Waals surface area (Å²) in [6.07, 6.45) is 2.65. The molecule has 0 bridgehead atoms. The van der Waals surface area contributed by atoms with Gasteiger partial charge in [-0.3, -0.25) is 4.90 Å². The lowest BCUT2D eigenvalue weighted by atomic mass is 10.00. The average Bonchev–Trinajstić information content (AvgIpc) is 2.58. The maximum Gasteiger partial charge on any atom is 0.315 e. The van der Waals surface area contributed by atoms with Crippen LogP contribution in [0.25, 0.3) is 0 Å². The molecule has 2 rings (SSSR count). The van der Waals surface area contributed by atoms with Crippen molar-refractivity contribution < 1.29 is 9.90 Å². The molecule has 0 aliphatic carbocycles. The van der Waals surface area contributed by atoms with Gasteiger partial charge in [0.25, 0.3) is 0 Å². The second-order valence-electron chi connectivity index (χ2n) is 6.91. The molecule has 134 valence electrons. The predicted octanol–water partition coefficient (Wildman–Crippen LogP) is 2.14. The Morgan fingerprint density at radius 2 is 2.04 bits per heavy atom. The third-order valence-electron chi connectivity index (χ3n) is 4.71. The number of amides is 2. The zero-order chi connectivity index (χ0) is 17.4. The summed E-state index contributed by atoms with van der Waals surface area (Å²) in [6.45, 7) is 7.97. The van der Waals surface area contributed by atoms with Gasteiger partial charge in [0, 0.05) is 38.8 Å². The van der Waals surface area contributed by atoms with Crippen LogP contribution in [-0.4, -0.2) is 48.3 Å². The van der Waals surface area contributed by atoms with E-state index in [1.807, 2.05) is 0 Å². The number of fused-ring (bicyclic) bond motifs is 1. The molecular weight excluding hydrogens is 302 g/mol. The highest BCUT2D eigenvalue weighted by Gasteiger charge is 2.16. The van der Waals surface area contributed by atoms with Gasteiger partial charge in [0.2, 0.25) is 0 Å². The van der Waals surface area contributed by atoms with E-state index in [0.29, 0.717) is 18.9 Å². The molecule has 0 saturated heterocycles. The molecule has 24 heavy (non-hydrogen) atoms. The Kier molecular flexibility index (Phi) is 7.53. The fourth-order valence-corrected chi connectivity index (χ4v) is 3.18. The quantitative estimate of drug-likeness (QED) is 0.639. The second-order valence-corrected chi connectivity index (χ2v) is 6.91. The number of benzene rings is 1. The van der Waals surface area contributed by atoms with Crippen LogP contribution in [0.5, 0.6) is 0 Å². The molecule has 0 spiro atoms. The molecule has 2 amide bonds. The summed E-state index contributed by atoms with van der Waals surface area (Å²) in [7, 11) is 0. The van der Waals surface area contributed by atoms with Crippen molar-refractivity contribution in [2.75, 3.05) is 26.2 Å². The SMILES string of the molecule is CC(C)C(CCO)NC(=O)NCCCN1CCc2ccccc2C1. The van der Waals surface area contributed by atoms with Crippen molar-refractivity contribution in [2.24, 2.45) is 5.92 Å². The van der Waals surface area contributed by atoms with E-state index in [2.05, 4.69) is 53.6 Å². The van der Waals surface area contributed by atoms with Crippen molar-refractivity contribution in [3.63, 3.8) is 0 Å². The number of nitrogens with one attached hydrogen (secondary N) is 2. The highest BCUT2D eigenvalue weighted by molar-refractivity contribution is 5.74. The highest BCUT2D eigenvalue weighted by Crippen LogP contribution is 2.18. The van der Waals surface area contributed by atoms with Crippen LogP contribution >= 0.6 is 0 Å². The van der Waals surface area contributed by atoms with Gasteiger partial charge >= 0.3 is 6.03 Å². The van der Waals surface area contributed by atoms with E-state index in [-0.39, 0.29) is 18.7 Å². The smallest absolute Gasteiger partial charge is 0.315 e. The van der Waals surface area contributed by atoms with Crippen LogP contribution in [0.3, 0.4) is 0 Å². The van der Waals surface area contributed by atoms with E-state index >= 15 is 0 Å². The molecule has 1 aromatic carbocycles. The molecule has 0 aromatic heterocycles. The standard InChI is InChI=1S/C19H31N3O2/c1-15(2)18(9-13-23)21-19(24)20-10-5-11-22-12-8-16-6-3-4-7-17(16)14-22/h3-4,6-7,15,18,23H,5,8-14H2,1-2H3,(H2,20,21,24). The number of carbonyl (C=O) groups is 1. The average molecular weight is 333 g/mol. The van der Waals surface area contributed by atoms with Crippen molar-refractivity contribution >= 4 is 6.03 Å². The lowest BCUT2D eigenvalue weighted by molar-refractivity contribution is 0.217. The summed E-state index contributed by atoms with van der Waals surface area (Å²) in [5.74, 6) is 0.316. The van der Waals surface area contributed by atoms with Gasteiger partial charge in [-0.1, -0.05) is 38.1 Å². The Labute approximate surface area is 145 Å². The Hall–Kier alpha value is -1.59. The maximum atomic E-state index is 11.9. The summed E-state index contributed by atoms with van der Waals surface area (Å²) < 4.78 is 0. The first kappa shape index (κ1) is 18.7. The van der Waals surface area contributed by atoms with Crippen molar-refractivity contribution in [1.82, 2.24) is 15.5 Å². The highest BCUT2D eigenvalue weighted by atomic mass is 16.3. The van der Waals surface area contributed by atoms with Gasteiger partial charge in [0.1, 0.15) is 0 Å². The Morgan fingerprint density at radius 3 is 2.75 bits per heavy atom. The van der Waals surface area contributed by atoms with Crippen LogP contribution in [0.2, 0.25) is 0 Å². The first-order valence-corrected chi connectivity index (χ1v) is 9.04. The third kappa shape index (κ3) is 5.80. The molecule has 0 fully saturated rings. The molecule has 3 N–H and O–H groups in total. The number of urea groups is 1. The molecule has 1 aliphatic heterocycles. The van der Waals surface area contributed by atoms with Gasteiger partial charge in [-0.2, -0.15) is 0 Å². The van der Waals surface area contributed by atoms with Gasteiger partial charge in [0.15, 0.2) is 0 Å². The fraction of sp³-hybridized carbons (Fsp3) is 0.632. The van der Waals surface area contributed by atoms with Gasteiger partial charge in [-0.15, -0.1) is 0 Å². The monoisotopic (exact) mass is 333 g/mol. The fourth-order valence-electron chi connectivity index (χ4n) is 3.18. The zero-order valence-electron chi connectivity index (χ0n) is 14.9. The van der Waals surface area contributed by atoms with Crippen LogP contribution in [0.15, 0.2) is 24.3 Å². The summed E-state index contributed by atoms with van der Waals surface area (Å²) in [5, 5.41) is 14.9. The molecule has 0 saturated carbocycles. The largest absolute Gasteiger partial charge is 0.396 e. The topological polar surface area (TPSA) is 64.6 Å². The summed E-state index contributed by atoms with van der Waals surface area (Å²) >= 11 is 0. The normalized spacial score (nSPS) is 15.8. The van der Waals surface area contributed by atoms with Gasteiger partial charge in [0.05, 0.1) is 0 Å². The zero-order valence-corrected chi connectivity index (χ0v) is 14.9. The number of nitrogens with zero attached hydrogens (tertiary/aromatic N) is 1. The van der Waals surface area contributed by atoms with Gasteiger partial charge in [-0.05, 0) is 36.3 Å². The van der Waals surface area contributed by atoms with Crippen molar-refractivity contribution in [1.29, 1.82) is 0 Å². The lowest BCUT2D eigenvalue weighted by Crippen LogP contribution is -2.45. The first-order valence-electron chi connectivity index (χ1n) is 9.04. The minimum atomic E-state index is -0.133. The number of rotatable bonds is 8. The van der Waals surface area contributed by atoms with Crippen molar-refractivity contribution in [2.45, 2.75) is 45.7 Å². The van der Waals surface area contributed by atoms with Crippen LogP contribution in [0, 0.1) is 5.92 Å². The van der Waals surface area contributed by atoms with E-state index in [1.54, 1.807) is 0 Å². The van der Waals surface area contributed by atoms with E-state index in [9.17, 15) is 4.79 Å². The Bertz CT molecular complexity index is 519. The predicted molar refractivity (Wildman–Crippen MR) is 96.9 cm³/mol. The number of aliphatic hydroxyl groups is 1. The number of aliphatic hydroxyl groups excluding tert-OH is 1. The molecule has 5 heteroatoms. The Morgan fingerprint density at radius 1 is 1.29 bits per heavy atom. The van der Waals surface area contributed by atoms with Crippen LogP contribution < -0.4 is 10.6 Å². The molecular formula is C19H31N3O2. The lowest BCUT2D eigenvalue weighted by Gasteiger charge is -2.28. The first-order chi connectivity index (χ1) is 11.6. The molecule has 1 aromatic rings. The molecule has 5 nitrogen and oxygen atoms in total. The van der Waals surface area contributed by atoms with Gasteiger partial charge < -0.3 is 15.7 Å². The van der Waals surface area contributed by atoms with Crippen LogP contribution in [0.1, 0.15) is 37.8 Å². The summed E-state index contributed by atoms with van der Waals surface area (Å²) in [5.41, 5.74) is 2.90. The molecule has 1 atom stereocenters. The number of hydrogen-bond acceptors (Lipinski definition) is 3. The molecule has 1 aliphatic rings. The number of hydrogen-bond donors (Lipinski definition) is 3. The Balaban J connectivity index is 1.64. The third-order valence-corrected chi connectivity index (χ3v) is 4.71. The maximum absolute atomic E-state index is 11.9. The van der Waals surface area contributed by atoms with E-state index in [0.717, 1.165) is 32.5 Å². The summed E-state index contributed by atoms with van der Waals surface area (Å²) in [6, 6.07) is 8.53. The molecule has 1 unspecified atom stereocenters. The summed E-state index contributed by atoms with van der Waals surface area (Å²) in [4.78, 5) is 14.4. The molecule has 0 radical (unpaired) electrons. The number of carbonyl (C=O) groups excluding carboxylic acids is 1. The van der Waals surface area contributed by atoms with Gasteiger partial charge in [-0.25, -0.2) is 4.79 Å². The van der Waals surface area contributed by atoms with Crippen LogP contribution in [-0.2, 0) is 13.0 Å². The van der Waals surface area contributed by atoms with E-state index in [1.165, 1.54) is 11.1 Å². The van der Waals surface area contributed by atoms with Crippen molar-refractivity contribution in [3.05, 3.63) is 35.4 Å². The molecule has 1 heterocycles. The van der Waals surface area contributed by atoms with Crippen LogP contribution in [0.4, 0.5) is 4.79 Å². The van der Waals surface area contributed by atoms with E-state index in [4.69, 9.17) is 5.11 Å². The van der Waals surface area contributed by atoms with E-state index < -0.39 is 0 Å². The minimum absolute atomic E-state index is 0.0218.